The van der Waals surface area contributed by atoms with Gasteiger partial charge in [-0.3, -0.25) is 4.79 Å². The Morgan fingerprint density at radius 3 is 2.54 bits per heavy atom. The fraction of sp³-hybridized carbons (Fsp3) is 0.450. The SMILES string of the molecule is CC(C)N(Cc1ccccc1)c1nccc(N2CCC(C(=O)O)CC2)n1. The lowest BCUT2D eigenvalue weighted by Crippen LogP contribution is -2.37. The van der Waals surface area contributed by atoms with Crippen LogP contribution in [0.25, 0.3) is 0 Å². The number of hydrogen-bond acceptors (Lipinski definition) is 5. The van der Waals surface area contributed by atoms with Gasteiger partial charge in [0, 0.05) is 31.9 Å². The molecule has 0 spiro atoms. The maximum Gasteiger partial charge on any atom is 0.306 e. The Morgan fingerprint density at radius 2 is 1.92 bits per heavy atom. The number of benzene rings is 1. The van der Waals surface area contributed by atoms with Crippen LogP contribution >= 0.6 is 0 Å². The Kier molecular flexibility index (Phi) is 5.71. The second kappa shape index (κ2) is 8.17. The van der Waals surface area contributed by atoms with Crippen molar-refractivity contribution in [2.75, 3.05) is 22.9 Å². The molecule has 2 heterocycles. The molecular formula is C20H26N4O2. The molecule has 0 saturated carbocycles. The van der Waals surface area contributed by atoms with Crippen LogP contribution in [0.2, 0.25) is 0 Å². The van der Waals surface area contributed by atoms with Gasteiger partial charge in [-0.25, -0.2) is 4.98 Å². The van der Waals surface area contributed by atoms with E-state index in [9.17, 15) is 4.79 Å². The van der Waals surface area contributed by atoms with Crippen molar-refractivity contribution in [2.24, 2.45) is 5.92 Å². The van der Waals surface area contributed by atoms with Gasteiger partial charge in [0.15, 0.2) is 0 Å². The lowest BCUT2D eigenvalue weighted by molar-refractivity contribution is -0.142. The third-order valence-corrected chi connectivity index (χ3v) is 4.87. The van der Waals surface area contributed by atoms with E-state index in [4.69, 9.17) is 10.1 Å². The zero-order valence-corrected chi connectivity index (χ0v) is 15.4. The zero-order chi connectivity index (χ0) is 18.5. The zero-order valence-electron chi connectivity index (χ0n) is 15.4. The van der Waals surface area contributed by atoms with Crippen LogP contribution in [-0.2, 0) is 11.3 Å². The third kappa shape index (κ3) is 4.31. The van der Waals surface area contributed by atoms with Crippen molar-refractivity contribution in [1.82, 2.24) is 9.97 Å². The molecule has 138 valence electrons. The van der Waals surface area contributed by atoms with Crippen molar-refractivity contribution in [3.63, 3.8) is 0 Å². The Balaban J connectivity index is 1.75. The number of carboxylic acid groups (broad SMARTS) is 1. The number of aromatic nitrogens is 2. The minimum atomic E-state index is -0.693. The highest BCUT2D eigenvalue weighted by atomic mass is 16.4. The Hall–Kier alpha value is -2.63. The van der Waals surface area contributed by atoms with E-state index in [2.05, 4.69) is 40.8 Å². The summed E-state index contributed by atoms with van der Waals surface area (Å²) in [5.74, 6) is 0.652. The summed E-state index contributed by atoms with van der Waals surface area (Å²) in [6.07, 6.45) is 3.11. The van der Waals surface area contributed by atoms with Crippen LogP contribution in [0.3, 0.4) is 0 Å². The summed E-state index contributed by atoms with van der Waals surface area (Å²) in [6, 6.07) is 12.5. The van der Waals surface area contributed by atoms with Gasteiger partial charge in [-0.05, 0) is 38.3 Å². The van der Waals surface area contributed by atoms with Crippen LogP contribution in [0, 0.1) is 5.92 Å². The fourth-order valence-corrected chi connectivity index (χ4v) is 3.27. The van der Waals surface area contributed by atoms with E-state index in [0.29, 0.717) is 31.9 Å². The van der Waals surface area contributed by atoms with Gasteiger partial charge in [0.1, 0.15) is 5.82 Å². The summed E-state index contributed by atoms with van der Waals surface area (Å²) >= 11 is 0. The van der Waals surface area contributed by atoms with Crippen LogP contribution in [0.5, 0.6) is 0 Å². The van der Waals surface area contributed by atoms with Crippen molar-refractivity contribution in [1.29, 1.82) is 0 Å². The molecule has 1 aromatic heterocycles. The highest BCUT2D eigenvalue weighted by Gasteiger charge is 2.25. The summed E-state index contributed by atoms with van der Waals surface area (Å²) in [4.78, 5) is 24.7. The van der Waals surface area contributed by atoms with E-state index >= 15 is 0 Å². The van der Waals surface area contributed by atoms with Crippen molar-refractivity contribution < 1.29 is 9.90 Å². The molecule has 0 aliphatic carbocycles. The second-order valence-electron chi connectivity index (χ2n) is 7.02. The molecule has 1 aliphatic rings. The molecule has 0 unspecified atom stereocenters. The number of carbonyl (C=O) groups is 1. The number of rotatable bonds is 6. The first kappa shape index (κ1) is 18.2. The molecule has 0 bridgehead atoms. The van der Waals surface area contributed by atoms with Gasteiger partial charge in [-0.15, -0.1) is 0 Å². The maximum absolute atomic E-state index is 11.1. The fourth-order valence-electron chi connectivity index (χ4n) is 3.27. The monoisotopic (exact) mass is 354 g/mol. The number of piperidine rings is 1. The minimum absolute atomic E-state index is 0.238. The first-order chi connectivity index (χ1) is 12.5. The molecule has 1 N–H and O–H groups in total. The molecule has 6 nitrogen and oxygen atoms in total. The molecule has 6 heteroatoms. The van der Waals surface area contributed by atoms with Gasteiger partial charge >= 0.3 is 5.97 Å². The Labute approximate surface area is 154 Å². The molecule has 1 saturated heterocycles. The lowest BCUT2D eigenvalue weighted by atomic mass is 9.97. The molecule has 2 aromatic rings. The van der Waals surface area contributed by atoms with Gasteiger partial charge in [0.2, 0.25) is 5.95 Å². The summed E-state index contributed by atoms with van der Waals surface area (Å²) in [6.45, 7) is 6.46. The number of carboxylic acids is 1. The largest absolute Gasteiger partial charge is 0.481 e. The quantitative estimate of drug-likeness (QED) is 0.859. The molecule has 0 amide bonds. The standard InChI is InChI=1S/C20H26N4O2/c1-15(2)24(14-16-6-4-3-5-7-16)20-21-11-8-18(22-20)23-12-9-17(10-13-23)19(25)26/h3-8,11,15,17H,9-10,12-14H2,1-2H3,(H,25,26). The highest BCUT2D eigenvalue weighted by Crippen LogP contribution is 2.24. The van der Waals surface area contributed by atoms with Crippen LogP contribution in [-0.4, -0.2) is 40.2 Å². The summed E-state index contributed by atoms with van der Waals surface area (Å²) in [5.41, 5.74) is 1.22. The highest BCUT2D eigenvalue weighted by molar-refractivity contribution is 5.70. The average Bonchev–Trinajstić information content (AvgIpc) is 2.67. The van der Waals surface area contributed by atoms with Gasteiger partial charge in [0.25, 0.3) is 0 Å². The first-order valence-corrected chi connectivity index (χ1v) is 9.16. The Morgan fingerprint density at radius 1 is 1.23 bits per heavy atom. The van der Waals surface area contributed by atoms with E-state index in [1.54, 1.807) is 6.20 Å². The first-order valence-electron chi connectivity index (χ1n) is 9.16. The third-order valence-electron chi connectivity index (χ3n) is 4.87. The predicted molar refractivity (Wildman–Crippen MR) is 102 cm³/mol. The normalized spacial score (nSPS) is 15.3. The van der Waals surface area contributed by atoms with Crippen molar-refractivity contribution in [3.8, 4) is 0 Å². The van der Waals surface area contributed by atoms with Crippen molar-refractivity contribution >= 4 is 17.7 Å². The molecule has 1 aliphatic heterocycles. The van der Waals surface area contributed by atoms with Gasteiger partial charge in [-0.2, -0.15) is 4.98 Å². The van der Waals surface area contributed by atoms with E-state index in [1.807, 2.05) is 24.3 Å². The smallest absolute Gasteiger partial charge is 0.306 e. The molecule has 0 radical (unpaired) electrons. The number of anilines is 2. The van der Waals surface area contributed by atoms with Crippen LogP contribution < -0.4 is 9.80 Å². The molecule has 0 atom stereocenters. The van der Waals surface area contributed by atoms with Gasteiger partial charge in [0.05, 0.1) is 5.92 Å². The number of nitrogens with zero attached hydrogens (tertiary/aromatic N) is 4. The van der Waals surface area contributed by atoms with Crippen molar-refractivity contribution in [2.45, 2.75) is 39.3 Å². The average molecular weight is 354 g/mol. The molecular weight excluding hydrogens is 328 g/mol. The lowest BCUT2D eigenvalue weighted by Gasteiger charge is -2.32. The summed E-state index contributed by atoms with van der Waals surface area (Å²) in [7, 11) is 0. The van der Waals surface area contributed by atoms with Gasteiger partial charge < -0.3 is 14.9 Å². The predicted octanol–water partition coefficient (Wildman–Crippen LogP) is 3.19. The van der Waals surface area contributed by atoms with E-state index < -0.39 is 5.97 Å². The second-order valence-corrected chi connectivity index (χ2v) is 7.02. The van der Waals surface area contributed by atoms with Crippen LogP contribution in [0.1, 0.15) is 32.3 Å². The number of hydrogen-bond donors (Lipinski definition) is 1. The van der Waals surface area contributed by atoms with E-state index in [0.717, 1.165) is 12.4 Å². The van der Waals surface area contributed by atoms with Gasteiger partial charge in [-0.1, -0.05) is 30.3 Å². The molecule has 26 heavy (non-hydrogen) atoms. The van der Waals surface area contributed by atoms with E-state index in [-0.39, 0.29) is 12.0 Å². The van der Waals surface area contributed by atoms with Crippen LogP contribution in [0.15, 0.2) is 42.6 Å². The minimum Gasteiger partial charge on any atom is -0.481 e. The summed E-state index contributed by atoms with van der Waals surface area (Å²) < 4.78 is 0. The van der Waals surface area contributed by atoms with Crippen LogP contribution in [0.4, 0.5) is 11.8 Å². The van der Waals surface area contributed by atoms with E-state index in [1.165, 1.54) is 5.56 Å². The molecule has 1 aromatic carbocycles. The van der Waals surface area contributed by atoms with Crippen molar-refractivity contribution in [3.05, 3.63) is 48.2 Å². The molecule has 1 fully saturated rings. The topological polar surface area (TPSA) is 69.6 Å². The number of aliphatic carboxylic acids is 1. The summed E-state index contributed by atoms with van der Waals surface area (Å²) in [5, 5.41) is 9.16. The molecule has 3 rings (SSSR count). The maximum atomic E-state index is 11.1. The Bertz CT molecular complexity index is 728.